The molecule has 0 aromatic rings. The summed E-state index contributed by atoms with van der Waals surface area (Å²) in [5.74, 6) is -2.02. The highest BCUT2D eigenvalue weighted by atomic mass is 32.2. The lowest BCUT2D eigenvalue weighted by Gasteiger charge is -2.12. The van der Waals surface area contributed by atoms with Gasteiger partial charge in [0.2, 0.25) is 0 Å². The van der Waals surface area contributed by atoms with Gasteiger partial charge < -0.3 is 19.6 Å². The number of carbonyl (C=O) groups excluding carboxylic acids is 1. The summed E-state index contributed by atoms with van der Waals surface area (Å²) >= 11 is -3.00. The number of aliphatic carboxylic acids is 1. The molecule has 0 amide bonds. The number of aliphatic hydroxyl groups excluding tert-OH is 1. The van der Waals surface area contributed by atoms with Crippen LogP contribution in [0.1, 0.15) is 0 Å². The molecule has 0 bridgehead atoms. The molecule has 0 rings (SSSR count). The Morgan fingerprint density at radius 1 is 1.75 bits per heavy atom. The Balaban J connectivity index is 3.83. The lowest BCUT2D eigenvalue weighted by Crippen LogP contribution is -2.38. The molecular weight excluding hydrogens is 136 g/mol. The zero-order chi connectivity index (χ0) is 6.73. The molecule has 0 aliphatic rings. The van der Waals surface area contributed by atoms with Gasteiger partial charge in [0.1, 0.15) is 0 Å². The maximum absolute atomic E-state index is 9.47. The number of carboxylic acid groups (broad SMARTS) is 1. The third-order valence-corrected chi connectivity index (χ3v) is 0.941. The molecule has 0 radical (unpaired) electrons. The first kappa shape index (κ1) is 7.54. The van der Waals surface area contributed by atoms with E-state index in [1.54, 1.807) is 0 Å². The monoisotopic (exact) mass is 138 g/mol. The van der Waals surface area contributed by atoms with Crippen molar-refractivity contribution in [2.24, 2.45) is 0 Å². The van der Waals surface area contributed by atoms with E-state index in [9.17, 15) is 18.7 Å². The average Bonchev–Trinajstić information content (AvgIpc) is 1.64. The molecule has 0 aromatic carbocycles. The highest BCUT2D eigenvalue weighted by molar-refractivity contribution is 7.80. The fraction of sp³-hybridized carbons (Fsp3) is 0.500. The molecule has 0 fully saturated rings. The van der Waals surface area contributed by atoms with Gasteiger partial charge in [0.25, 0.3) is 0 Å². The van der Waals surface area contributed by atoms with Gasteiger partial charge >= 0.3 is 0 Å². The SMILES string of the molecule is O=C([O-])C(O)S(=O)[O-]. The van der Waals surface area contributed by atoms with Gasteiger partial charge in [0.15, 0.2) is 5.44 Å². The van der Waals surface area contributed by atoms with E-state index in [0.717, 1.165) is 0 Å². The Kier molecular flexibility index (Phi) is 2.59. The van der Waals surface area contributed by atoms with Crippen LogP contribution in [-0.4, -0.2) is 25.3 Å². The Bertz CT molecular complexity index is 106. The summed E-state index contributed by atoms with van der Waals surface area (Å²) < 4.78 is 18.9. The van der Waals surface area contributed by atoms with Crippen molar-refractivity contribution < 1.29 is 23.8 Å². The number of rotatable bonds is 2. The van der Waals surface area contributed by atoms with Gasteiger partial charge in [-0.05, 0) is 11.1 Å². The summed E-state index contributed by atoms with van der Waals surface area (Å²) in [6.07, 6.45) is 0. The molecule has 0 aromatic heterocycles. The predicted octanol–water partition coefficient (Wildman–Crippen LogP) is -3.07. The van der Waals surface area contributed by atoms with E-state index in [2.05, 4.69) is 0 Å². The van der Waals surface area contributed by atoms with Crippen LogP contribution in [0, 0.1) is 0 Å². The topological polar surface area (TPSA) is 100 Å². The molecule has 0 aliphatic carbocycles. The number of hydrogen-bond donors (Lipinski definition) is 1. The molecular formula is C2H2O5S-2. The predicted molar refractivity (Wildman–Crippen MR) is 19.9 cm³/mol. The van der Waals surface area contributed by atoms with Gasteiger partial charge in [-0.3, -0.25) is 4.21 Å². The summed E-state index contributed by atoms with van der Waals surface area (Å²) in [5, 5.41) is 17.3. The molecule has 8 heavy (non-hydrogen) atoms. The van der Waals surface area contributed by atoms with Crippen LogP contribution in [-0.2, 0) is 15.9 Å². The Hall–Kier alpha value is -0.460. The molecule has 0 heterocycles. The standard InChI is InChI=1S/C2H4O5S/c3-1(4)2(5)8(6)7/h2,5H,(H,3,4)(H,6,7)/p-2. The maximum Gasteiger partial charge on any atom is 0.155 e. The Morgan fingerprint density at radius 2 is 2.12 bits per heavy atom. The number of aliphatic hydroxyl groups is 1. The van der Waals surface area contributed by atoms with Gasteiger partial charge in [-0.15, -0.1) is 0 Å². The van der Waals surface area contributed by atoms with Gasteiger partial charge in [-0.25, -0.2) is 0 Å². The van der Waals surface area contributed by atoms with Crippen LogP contribution in [0.4, 0.5) is 0 Å². The first-order chi connectivity index (χ1) is 3.55. The maximum atomic E-state index is 9.47. The van der Waals surface area contributed by atoms with Crippen LogP contribution < -0.4 is 5.11 Å². The lowest BCUT2D eigenvalue weighted by atomic mass is 10.7. The minimum absolute atomic E-state index is 2.02. The zero-order valence-corrected chi connectivity index (χ0v) is 4.38. The fourth-order valence-corrected chi connectivity index (χ4v) is 0.236. The first-order valence-electron chi connectivity index (χ1n) is 1.52. The molecule has 0 saturated heterocycles. The third kappa shape index (κ3) is 2.01. The first-order valence-corrected chi connectivity index (χ1v) is 2.66. The Labute approximate surface area is 47.2 Å². The number of hydrogen-bond acceptors (Lipinski definition) is 5. The van der Waals surface area contributed by atoms with Crippen molar-refractivity contribution in [2.45, 2.75) is 5.44 Å². The second-order valence-electron chi connectivity index (χ2n) is 0.932. The fourth-order valence-electron chi connectivity index (χ4n) is 0.0786. The van der Waals surface area contributed by atoms with Crippen LogP contribution in [0.15, 0.2) is 0 Å². The van der Waals surface area contributed by atoms with Crippen LogP contribution in [0.3, 0.4) is 0 Å². The smallest absolute Gasteiger partial charge is 0.155 e. The molecule has 0 aliphatic heterocycles. The largest absolute Gasteiger partial charge is 0.770 e. The van der Waals surface area contributed by atoms with Gasteiger partial charge in [-0.2, -0.15) is 0 Å². The summed E-state index contributed by atoms with van der Waals surface area (Å²) in [7, 11) is 0. The van der Waals surface area contributed by atoms with Crippen molar-refractivity contribution in [3.05, 3.63) is 0 Å². The molecule has 48 valence electrons. The van der Waals surface area contributed by atoms with Crippen LogP contribution in [0.5, 0.6) is 0 Å². The van der Waals surface area contributed by atoms with E-state index in [-0.39, 0.29) is 0 Å². The van der Waals surface area contributed by atoms with Crippen LogP contribution in [0.25, 0.3) is 0 Å². The third-order valence-electron chi connectivity index (χ3n) is 0.384. The normalized spacial score (nSPS) is 17.2. The second-order valence-corrected chi connectivity index (χ2v) is 1.90. The summed E-state index contributed by atoms with van der Waals surface area (Å²) in [6, 6.07) is 0. The summed E-state index contributed by atoms with van der Waals surface area (Å²) in [4.78, 5) is 9.39. The van der Waals surface area contributed by atoms with Crippen LogP contribution >= 0.6 is 0 Å². The van der Waals surface area contributed by atoms with Crippen molar-refractivity contribution >= 4 is 17.0 Å². The second kappa shape index (κ2) is 2.75. The van der Waals surface area contributed by atoms with E-state index < -0.39 is 22.5 Å². The lowest BCUT2D eigenvalue weighted by molar-refractivity contribution is -0.310. The van der Waals surface area contributed by atoms with E-state index in [0.29, 0.717) is 0 Å². The number of carboxylic acids is 1. The molecule has 5 nitrogen and oxygen atoms in total. The molecule has 0 spiro atoms. The van der Waals surface area contributed by atoms with E-state index in [1.165, 1.54) is 0 Å². The highest BCUT2D eigenvalue weighted by Crippen LogP contribution is 1.82. The molecule has 1 N–H and O–H groups in total. The number of carbonyl (C=O) groups is 1. The molecule has 2 atom stereocenters. The van der Waals surface area contributed by atoms with Crippen molar-refractivity contribution in [1.29, 1.82) is 0 Å². The zero-order valence-electron chi connectivity index (χ0n) is 3.57. The minimum Gasteiger partial charge on any atom is -0.770 e. The van der Waals surface area contributed by atoms with Gasteiger partial charge in [-0.1, -0.05) is 0 Å². The summed E-state index contributed by atoms with van der Waals surface area (Å²) in [5.41, 5.74) is -2.41. The minimum atomic E-state index is -3.00. The van der Waals surface area contributed by atoms with Crippen molar-refractivity contribution in [2.75, 3.05) is 0 Å². The average molecular weight is 138 g/mol. The Morgan fingerprint density at radius 3 is 2.12 bits per heavy atom. The van der Waals surface area contributed by atoms with Gasteiger partial charge in [0, 0.05) is 0 Å². The highest BCUT2D eigenvalue weighted by Gasteiger charge is 2.01. The molecule has 0 saturated carbocycles. The van der Waals surface area contributed by atoms with Crippen LogP contribution in [0.2, 0.25) is 0 Å². The van der Waals surface area contributed by atoms with Crippen molar-refractivity contribution in [1.82, 2.24) is 0 Å². The van der Waals surface area contributed by atoms with Crippen molar-refractivity contribution in [3.63, 3.8) is 0 Å². The molecule has 2 unspecified atom stereocenters. The van der Waals surface area contributed by atoms with E-state index in [4.69, 9.17) is 5.11 Å². The summed E-state index contributed by atoms with van der Waals surface area (Å²) in [6.45, 7) is 0. The molecule has 6 heteroatoms. The van der Waals surface area contributed by atoms with Gasteiger partial charge in [0.05, 0.1) is 5.97 Å². The van der Waals surface area contributed by atoms with E-state index in [1.807, 2.05) is 0 Å². The quantitative estimate of drug-likeness (QED) is 0.408. The van der Waals surface area contributed by atoms with E-state index >= 15 is 0 Å². The van der Waals surface area contributed by atoms with Crippen molar-refractivity contribution in [3.8, 4) is 0 Å².